The topological polar surface area (TPSA) is 46.3 Å². The average molecular weight is 326 g/mol. The largest absolute Gasteiger partial charge is 0.459 e. The van der Waals surface area contributed by atoms with Crippen LogP contribution < -0.4 is 4.90 Å². The third-order valence-corrected chi connectivity index (χ3v) is 4.36. The second-order valence-corrected chi connectivity index (χ2v) is 6.15. The molecule has 0 spiro atoms. The van der Waals surface area contributed by atoms with Gasteiger partial charge in [0.05, 0.1) is 12.0 Å². The Kier molecular flexibility index (Phi) is 4.57. The van der Waals surface area contributed by atoms with Crippen LogP contribution in [0.15, 0.2) is 52.5 Å². The molecule has 4 nitrogen and oxygen atoms in total. The van der Waals surface area contributed by atoms with E-state index in [2.05, 4.69) is 24.0 Å². The SMILES string of the molecule is CCCN(C(=O)c1ccco1)c1nc(-c2ccc(C)cc2)cs1. The van der Waals surface area contributed by atoms with Crippen molar-refractivity contribution in [2.24, 2.45) is 0 Å². The summed E-state index contributed by atoms with van der Waals surface area (Å²) in [5, 5.41) is 2.68. The molecule has 0 bridgehead atoms. The minimum atomic E-state index is -0.151. The van der Waals surface area contributed by atoms with E-state index in [1.807, 2.05) is 24.4 Å². The van der Waals surface area contributed by atoms with Crippen LogP contribution >= 0.6 is 11.3 Å². The van der Waals surface area contributed by atoms with Crippen LogP contribution in [0, 0.1) is 6.92 Å². The molecular weight excluding hydrogens is 308 g/mol. The molecule has 0 fully saturated rings. The van der Waals surface area contributed by atoms with Gasteiger partial charge in [0.2, 0.25) is 0 Å². The van der Waals surface area contributed by atoms with Crippen molar-refractivity contribution in [3.8, 4) is 11.3 Å². The lowest BCUT2D eigenvalue weighted by atomic mass is 10.1. The van der Waals surface area contributed by atoms with E-state index in [0.29, 0.717) is 17.4 Å². The number of amides is 1. The summed E-state index contributed by atoms with van der Waals surface area (Å²) in [5.41, 5.74) is 3.16. The maximum Gasteiger partial charge on any atom is 0.295 e. The van der Waals surface area contributed by atoms with Crippen LogP contribution in [-0.2, 0) is 0 Å². The number of anilines is 1. The van der Waals surface area contributed by atoms with Crippen LogP contribution in [-0.4, -0.2) is 17.4 Å². The van der Waals surface area contributed by atoms with Crippen LogP contribution in [0.1, 0.15) is 29.5 Å². The minimum absolute atomic E-state index is 0.151. The molecule has 0 aliphatic heterocycles. The summed E-state index contributed by atoms with van der Waals surface area (Å²) in [5.74, 6) is 0.187. The molecule has 0 atom stereocenters. The number of aryl methyl sites for hydroxylation is 1. The van der Waals surface area contributed by atoms with Gasteiger partial charge in [0.15, 0.2) is 10.9 Å². The molecule has 2 heterocycles. The lowest BCUT2D eigenvalue weighted by Gasteiger charge is -2.17. The summed E-state index contributed by atoms with van der Waals surface area (Å²) >= 11 is 1.47. The fourth-order valence-corrected chi connectivity index (χ4v) is 3.14. The number of aromatic nitrogens is 1. The first-order valence-corrected chi connectivity index (χ1v) is 8.45. The number of carbonyl (C=O) groups is 1. The first-order valence-electron chi connectivity index (χ1n) is 7.57. The molecule has 118 valence electrons. The Balaban J connectivity index is 1.89. The number of thiazole rings is 1. The van der Waals surface area contributed by atoms with Gasteiger partial charge >= 0.3 is 0 Å². The molecule has 0 N–H and O–H groups in total. The van der Waals surface area contributed by atoms with Crippen molar-refractivity contribution in [3.05, 3.63) is 59.4 Å². The monoisotopic (exact) mass is 326 g/mol. The zero-order valence-corrected chi connectivity index (χ0v) is 14.0. The van der Waals surface area contributed by atoms with E-state index in [1.165, 1.54) is 23.2 Å². The first-order chi connectivity index (χ1) is 11.2. The van der Waals surface area contributed by atoms with E-state index in [4.69, 9.17) is 4.42 Å². The van der Waals surface area contributed by atoms with Gasteiger partial charge in [-0.3, -0.25) is 9.69 Å². The van der Waals surface area contributed by atoms with Gasteiger partial charge in [-0.2, -0.15) is 0 Å². The third kappa shape index (κ3) is 3.35. The summed E-state index contributed by atoms with van der Waals surface area (Å²) in [6.45, 7) is 4.71. The Morgan fingerprint density at radius 3 is 2.70 bits per heavy atom. The van der Waals surface area contributed by atoms with Crippen molar-refractivity contribution in [1.82, 2.24) is 4.98 Å². The van der Waals surface area contributed by atoms with Crippen LogP contribution in [0.3, 0.4) is 0 Å². The van der Waals surface area contributed by atoms with Crippen LogP contribution in [0.5, 0.6) is 0 Å². The first kappa shape index (κ1) is 15.5. The van der Waals surface area contributed by atoms with Gasteiger partial charge in [0, 0.05) is 17.5 Å². The number of hydrogen-bond donors (Lipinski definition) is 0. The Labute approximate surface area is 139 Å². The van der Waals surface area contributed by atoms with E-state index in [-0.39, 0.29) is 5.91 Å². The molecule has 0 aliphatic carbocycles. The molecule has 1 amide bonds. The van der Waals surface area contributed by atoms with Gasteiger partial charge < -0.3 is 4.42 Å². The highest BCUT2D eigenvalue weighted by Crippen LogP contribution is 2.28. The minimum Gasteiger partial charge on any atom is -0.459 e. The second-order valence-electron chi connectivity index (χ2n) is 5.32. The summed E-state index contributed by atoms with van der Waals surface area (Å²) in [7, 11) is 0. The third-order valence-electron chi connectivity index (χ3n) is 3.49. The van der Waals surface area contributed by atoms with E-state index in [1.54, 1.807) is 17.0 Å². The Morgan fingerprint density at radius 1 is 1.26 bits per heavy atom. The number of furan rings is 1. The van der Waals surface area contributed by atoms with E-state index in [9.17, 15) is 4.79 Å². The Morgan fingerprint density at radius 2 is 2.04 bits per heavy atom. The van der Waals surface area contributed by atoms with Crippen LogP contribution in [0.2, 0.25) is 0 Å². The number of nitrogens with zero attached hydrogens (tertiary/aromatic N) is 2. The number of benzene rings is 1. The normalized spacial score (nSPS) is 10.7. The second kappa shape index (κ2) is 6.79. The highest BCUT2D eigenvalue weighted by molar-refractivity contribution is 7.14. The van der Waals surface area contributed by atoms with Gasteiger partial charge in [-0.1, -0.05) is 36.8 Å². The van der Waals surface area contributed by atoms with E-state index in [0.717, 1.165) is 17.7 Å². The Bertz CT molecular complexity index is 776. The maximum absolute atomic E-state index is 12.6. The van der Waals surface area contributed by atoms with Crippen LogP contribution in [0.4, 0.5) is 5.13 Å². The summed E-state index contributed by atoms with van der Waals surface area (Å²) in [6.07, 6.45) is 2.36. The van der Waals surface area contributed by atoms with Gasteiger partial charge in [0.25, 0.3) is 5.91 Å². The lowest BCUT2D eigenvalue weighted by molar-refractivity contribution is 0.0960. The molecule has 0 radical (unpaired) electrons. The zero-order valence-electron chi connectivity index (χ0n) is 13.2. The predicted molar refractivity (Wildman–Crippen MR) is 93.0 cm³/mol. The van der Waals surface area contributed by atoms with E-state index >= 15 is 0 Å². The molecule has 0 saturated carbocycles. The summed E-state index contributed by atoms with van der Waals surface area (Å²) in [4.78, 5) is 18.9. The average Bonchev–Trinajstić information content (AvgIpc) is 3.24. The van der Waals surface area contributed by atoms with Crippen molar-refractivity contribution in [2.45, 2.75) is 20.3 Å². The molecule has 1 aromatic carbocycles. The number of hydrogen-bond acceptors (Lipinski definition) is 4. The standard InChI is InChI=1S/C18H18N2O2S/c1-3-10-20(17(21)16-5-4-11-22-16)18-19-15(12-23-18)14-8-6-13(2)7-9-14/h4-9,11-12H,3,10H2,1-2H3. The highest BCUT2D eigenvalue weighted by atomic mass is 32.1. The number of rotatable bonds is 5. The van der Waals surface area contributed by atoms with E-state index < -0.39 is 0 Å². The molecular formula is C18H18N2O2S. The zero-order chi connectivity index (χ0) is 16.2. The van der Waals surface area contributed by atoms with Crippen molar-refractivity contribution in [1.29, 1.82) is 0 Å². The van der Waals surface area contributed by atoms with Crippen molar-refractivity contribution < 1.29 is 9.21 Å². The molecule has 0 saturated heterocycles. The molecule has 0 unspecified atom stereocenters. The molecule has 3 rings (SSSR count). The molecule has 5 heteroatoms. The summed E-state index contributed by atoms with van der Waals surface area (Å²) < 4.78 is 5.23. The maximum atomic E-state index is 12.6. The summed E-state index contributed by atoms with van der Waals surface area (Å²) in [6, 6.07) is 11.6. The number of carbonyl (C=O) groups excluding carboxylic acids is 1. The molecule has 23 heavy (non-hydrogen) atoms. The van der Waals surface area contributed by atoms with Gasteiger partial charge in [-0.05, 0) is 25.5 Å². The van der Waals surface area contributed by atoms with Crippen molar-refractivity contribution in [3.63, 3.8) is 0 Å². The quantitative estimate of drug-likeness (QED) is 0.678. The van der Waals surface area contributed by atoms with Gasteiger partial charge in [0.1, 0.15) is 0 Å². The lowest BCUT2D eigenvalue weighted by Crippen LogP contribution is -2.31. The van der Waals surface area contributed by atoms with Crippen molar-refractivity contribution in [2.75, 3.05) is 11.4 Å². The smallest absolute Gasteiger partial charge is 0.295 e. The Hall–Kier alpha value is -2.40. The highest BCUT2D eigenvalue weighted by Gasteiger charge is 2.22. The fourth-order valence-electron chi connectivity index (χ4n) is 2.29. The molecule has 0 aliphatic rings. The van der Waals surface area contributed by atoms with Crippen molar-refractivity contribution >= 4 is 22.4 Å². The fraction of sp³-hybridized carbons (Fsp3) is 0.222. The molecule has 2 aromatic heterocycles. The van der Waals surface area contributed by atoms with Gasteiger partial charge in [-0.15, -0.1) is 11.3 Å². The predicted octanol–water partition coefficient (Wildman–Crippen LogP) is 4.77. The van der Waals surface area contributed by atoms with Gasteiger partial charge in [-0.25, -0.2) is 4.98 Å². The van der Waals surface area contributed by atoms with Crippen LogP contribution in [0.25, 0.3) is 11.3 Å². The molecule has 3 aromatic rings.